The van der Waals surface area contributed by atoms with Gasteiger partial charge in [-0.25, -0.2) is 0 Å². The second-order valence-electron chi connectivity index (χ2n) is 5.31. The Kier molecular flexibility index (Phi) is 5.58. The Morgan fingerprint density at radius 1 is 1.32 bits per heavy atom. The van der Waals surface area contributed by atoms with Gasteiger partial charge in [0.25, 0.3) is 0 Å². The molecule has 5 nitrogen and oxygen atoms in total. The van der Waals surface area contributed by atoms with Crippen molar-refractivity contribution in [2.24, 2.45) is 0 Å². The molecule has 1 aromatic carbocycles. The van der Waals surface area contributed by atoms with Crippen molar-refractivity contribution in [2.45, 2.75) is 33.2 Å². The topological polar surface area (TPSA) is 56.1 Å². The number of hydrogen-bond donors (Lipinski definition) is 1. The van der Waals surface area contributed by atoms with E-state index >= 15 is 0 Å². The van der Waals surface area contributed by atoms with Gasteiger partial charge in [0.2, 0.25) is 5.91 Å². The van der Waals surface area contributed by atoms with Crippen molar-refractivity contribution >= 4 is 5.91 Å². The molecule has 118 valence electrons. The summed E-state index contributed by atoms with van der Waals surface area (Å²) in [6.45, 7) is 5.27. The van der Waals surface area contributed by atoms with Crippen molar-refractivity contribution < 1.29 is 9.53 Å². The second-order valence-corrected chi connectivity index (χ2v) is 5.31. The van der Waals surface area contributed by atoms with Gasteiger partial charge in [0.1, 0.15) is 5.75 Å². The number of aryl methyl sites for hydroxylation is 3. The first-order valence-corrected chi connectivity index (χ1v) is 7.50. The summed E-state index contributed by atoms with van der Waals surface area (Å²) >= 11 is 0. The third-order valence-corrected chi connectivity index (χ3v) is 3.56. The Balaban J connectivity index is 1.75. The fourth-order valence-corrected chi connectivity index (χ4v) is 2.45. The highest BCUT2D eigenvalue weighted by Gasteiger charge is 2.06. The van der Waals surface area contributed by atoms with Crippen LogP contribution in [0.3, 0.4) is 0 Å². The van der Waals surface area contributed by atoms with E-state index in [1.807, 2.05) is 48.9 Å². The molecule has 0 saturated heterocycles. The molecule has 0 spiro atoms. The number of hydrogen-bond acceptors (Lipinski definition) is 3. The largest absolute Gasteiger partial charge is 0.496 e. The van der Waals surface area contributed by atoms with Gasteiger partial charge in [0.15, 0.2) is 0 Å². The van der Waals surface area contributed by atoms with Gasteiger partial charge in [-0.3, -0.25) is 9.48 Å². The molecule has 0 fully saturated rings. The Labute approximate surface area is 131 Å². The lowest BCUT2D eigenvalue weighted by Crippen LogP contribution is -2.28. The standard InChI is InChI=1S/C17H23N3O2/c1-13-12-14(2)20(19-13)11-10-18-17(21)9-8-15-6-4-5-7-16(15)22-3/h4-7,12H,8-11H2,1-3H3,(H,18,21). The van der Waals surface area contributed by atoms with Crippen LogP contribution in [-0.2, 0) is 17.8 Å². The molecule has 0 aliphatic carbocycles. The van der Waals surface area contributed by atoms with Crippen molar-refractivity contribution in [2.75, 3.05) is 13.7 Å². The number of aromatic nitrogens is 2. The molecule has 0 saturated carbocycles. The van der Waals surface area contributed by atoms with Crippen molar-refractivity contribution in [3.63, 3.8) is 0 Å². The van der Waals surface area contributed by atoms with Crippen LogP contribution in [0.1, 0.15) is 23.4 Å². The normalized spacial score (nSPS) is 10.5. The van der Waals surface area contributed by atoms with Crippen LogP contribution in [-0.4, -0.2) is 29.3 Å². The number of carbonyl (C=O) groups excluding carboxylic acids is 1. The predicted molar refractivity (Wildman–Crippen MR) is 86.0 cm³/mol. The molecule has 22 heavy (non-hydrogen) atoms. The molecule has 0 bridgehead atoms. The number of nitrogens with zero attached hydrogens (tertiary/aromatic N) is 2. The number of methoxy groups -OCH3 is 1. The van der Waals surface area contributed by atoms with E-state index in [1.54, 1.807) is 7.11 Å². The zero-order valence-corrected chi connectivity index (χ0v) is 13.4. The molecular weight excluding hydrogens is 278 g/mol. The van der Waals surface area contributed by atoms with Crippen LogP contribution in [0.2, 0.25) is 0 Å². The van der Waals surface area contributed by atoms with Gasteiger partial charge in [-0.1, -0.05) is 18.2 Å². The zero-order chi connectivity index (χ0) is 15.9. The Morgan fingerprint density at radius 3 is 2.77 bits per heavy atom. The van der Waals surface area contributed by atoms with E-state index in [4.69, 9.17) is 4.74 Å². The number of ether oxygens (including phenoxy) is 1. The van der Waals surface area contributed by atoms with Crippen molar-refractivity contribution in [1.82, 2.24) is 15.1 Å². The fourth-order valence-electron chi connectivity index (χ4n) is 2.45. The fraction of sp³-hybridized carbons (Fsp3) is 0.412. The van der Waals surface area contributed by atoms with E-state index in [-0.39, 0.29) is 5.91 Å². The molecule has 1 N–H and O–H groups in total. The van der Waals surface area contributed by atoms with E-state index < -0.39 is 0 Å². The summed E-state index contributed by atoms with van der Waals surface area (Å²) in [7, 11) is 1.65. The van der Waals surface area contributed by atoms with Crippen molar-refractivity contribution in [3.8, 4) is 5.75 Å². The van der Waals surface area contributed by atoms with E-state index in [0.717, 1.165) is 22.7 Å². The van der Waals surface area contributed by atoms with Gasteiger partial charge in [-0.15, -0.1) is 0 Å². The maximum atomic E-state index is 11.9. The average molecular weight is 301 g/mol. The third-order valence-electron chi connectivity index (χ3n) is 3.56. The van der Waals surface area contributed by atoms with E-state index in [1.165, 1.54) is 0 Å². The van der Waals surface area contributed by atoms with Gasteiger partial charge in [-0.05, 0) is 38.0 Å². The molecule has 0 atom stereocenters. The lowest BCUT2D eigenvalue weighted by atomic mass is 10.1. The van der Waals surface area contributed by atoms with Crippen LogP contribution in [0.15, 0.2) is 30.3 Å². The third kappa shape index (κ3) is 4.35. The zero-order valence-electron chi connectivity index (χ0n) is 13.4. The van der Waals surface area contributed by atoms with E-state index in [2.05, 4.69) is 10.4 Å². The summed E-state index contributed by atoms with van der Waals surface area (Å²) in [5, 5.41) is 7.31. The molecule has 2 aromatic rings. The summed E-state index contributed by atoms with van der Waals surface area (Å²) in [5.41, 5.74) is 3.17. The minimum atomic E-state index is 0.0486. The highest BCUT2D eigenvalue weighted by Crippen LogP contribution is 2.18. The van der Waals surface area contributed by atoms with Gasteiger partial charge in [0, 0.05) is 18.7 Å². The molecule has 1 amide bonds. The quantitative estimate of drug-likeness (QED) is 0.853. The van der Waals surface area contributed by atoms with Gasteiger partial charge in [-0.2, -0.15) is 5.10 Å². The average Bonchev–Trinajstić information content (AvgIpc) is 2.83. The summed E-state index contributed by atoms with van der Waals surface area (Å²) < 4.78 is 7.20. The summed E-state index contributed by atoms with van der Waals surface area (Å²) in [6, 6.07) is 9.82. The summed E-state index contributed by atoms with van der Waals surface area (Å²) in [5.74, 6) is 0.880. The van der Waals surface area contributed by atoms with E-state index in [9.17, 15) is 4.79 Å². The number of amides is 1. The first-order chi connectivity index (χ1) is 10.6. The first-order valence-electron chi connectivity index (χ1n) is 7.50. The molecule has 1 heterocycles. The molecule has 0 aliphatic rings. The van der Waals surface area contributed by atoms with E-state index in [0.29, 0.717) is 25.9 Å². The lowest BCUT2D eigenvalue weighted by molar-refractivity contribution is -0.121. The number of para-hydroxylation sites is 1. The van der Waals surface area contributed by atoms with Crippen LogP contribution in [0.4, 0.5) is 0 Å². The first kappa shape index (κ1) is 16.1. The molecule has 0 aliphatic heterocycles. The minimum Gasteiger partial charge on any atom is -0.496 e. The number of nitrogens with one attached hydrogen (secondary N) is 1. The maximum absolute atomic E-state index is 11.9. The minimum absolute atomic E-state index is 0.0486. The van der Waals surface area contributed by atoms with Crippen molar-refractivity contribution in [3.05, 3.63) is 47.3 Å². The lowest BCUT2D eigenvalue weighted by Gasteiger charge is -2.09. The van der Waals surface area contributed by atoms with Crippen LogP contribution in [0.5, 0.6) is 5.75 Å². The molecule has 1 aromatic heterocycles. The number of rotatable bonds is 7. The SMILES string of the molecule is COc1ccccc1CCC(=O)NCCn1nc(C)cc1C. The summed E-state index contributed by atoms with van der Waals surface area (Å²) in [6.07, 6.45) is 1.13. The number of carbonyl (C=O) groups is 1. The van der Waals surface area contributed by atoms with Crippen LogP contribution in [0, 0.1) is 13.8 Å². The molecule has 0 radical (unpaired) electrons. The van der Waals surface area contributed by atoms with Crippen LogP contribution in [0.25, 0.3) is 0 Å². The Morgan fingerprint density at radius 2 is 2.09 bits per heavy atom. The van der Waals surface area contributed by atoms with Gasteiger partial charge < -0.3 is 10.1 Å². The number of benzene rings is 1. The van der Waals surface area contributed by atoms with Crippen LogP contribution >= 0.6 is 0 Å². The second kappa shape index (κ2) is 7.64. The van der Waals surface area contributed by atoms with Gasteiger partial charge >= 0.3 is 0 Å². The highest BCUT2D eigenvalue weighted by molar-refractivity contribution is 5.76. The smallest absolute Gasteiger partial charge is 0.220 e. The molecule has 5 heteroatoms. The maximum Gasteiger partial charge on any atom is 0.220 e. The monoisotopic (exact) mass is 301 g/mol. The van der Waals surface area contributed by atoms with Gasteiger partial charge in [0.05, 0.1) is 19.3 Å². The summed E-state index contributed by atoms with van der Waals surface area (Å²) in [4.78, 5) is 11.9. The Hall–Kier alpha value is -2.30. The van der Waals surface area contributed by atoms with Crippen molar-refractivity contribution in [1.29, 1.82) is 0 Å². The predicted octanol–water partition coefficient (Wildman–Crippen LogP) is 2.26. The molecular formula is C17H23N3O2. The highest BCUT2D eigenvalue weighted by atomic mass is 16.5. The molecule has 2 rings (SSSR count). The molecule has 0 unspecified atom stereocenters. The van der Waals surface area contributed by atoms with Crippen LogP contribution < -0.4 is 10.1 Å². The Bertz CT molecular complexity index is 635.